The molecule has 18 heavy (non-hydrogen) atoms. The highest BCUT2D eigenvalue weighted by atomic mass is 32.2. The molecule has 5 nitrogen and oxygen atoms in total. The summed E-state index contributed by atoms with van der Waals surface area (Å²) in [7, 11) is -1.61. The van der Waals surface area contributed by atoms with Crippen molar-refractivity contribution >= 4 is 10.0 Å². The molecule has 0 radical (unpaired) electrons. The van der Waals surface area contributed by atoms with Gasteiger partial charge in [-0.25, -0.2) is 12.7 Å². The summed E-state index contributed by atoms with van der Waals surface area (Å²) in [5, 5.41) is 3.32. The summed E-state index contributed by atoms with van der Waals surface area (Å²) in [5.74, 6) is 0.692. The van der Waals surface area contributed by atoms with Gasteiger partial charge < -0.3 is 10.1 Å². The van der Waals surface area contributed by atoms with E-state index >= 15 is 0 Å². The first kappa shape index (κ1) is 15.9. The molecule has 1 heterocycles. The molecule has 108 valence electrons. The molecule has 1 saturated heterocycles. The topological polar surface area (TPSA) is 58.6 Å². The van der Waals surface area contributed by atoms with E-state index in [2.05, 4.69) is 12.2 Å². The molecule has 1 aliphatic heterocycles. The Morgan fingerprint density at radius 3 is 2.50 bits per heavy atom. The standard InChI is InChI=1S/C12H26N2O3S/c1-4-13-9-12-5-7-14(8-6-12)18(15,16)10-11(2)17-3/h11-13H,4-10H2,1-3H3. The number of hydrogen-bond acceptors (Lipinski definition) is 4. The predicted molar refractivity (Wildman–Crippen MR) is 73.1 cm³/mol. The maximum atomic E-state index is 12.1. The van der Waals surface area contributed by atoms with Crippen LogP contribution in [0.3, 0.4) is 0 Å². The average Bonchev–Trinajstić information content (AvgIpc) is 2.36. The minimum atomic E-state index is -3.15. The smallest absolute Gasteiger partial charge is 0.216 e. The van der Waals surface area contributed by atoms with Gasteiger partial charge >= 0.3 is 0 Å². The predicted octanol–water partition coefficient (Wildman–Crippen LogP) is 0.673. The second kappa shape index (κ2) is 7.43. The lowest BCUT2D eigenvalue weighted by Gasteiger charge is -2.31. The van der Waals surface area contributed by atoms with E-state index in [9.17, 15) is 8.42 Å². The van der Waals surface area contributed by atoms with Crippen LogP contribution in [0.15, 0.2) is 0 Å². The molecular weight excluding hydrogens is 252 g/mol. The van der Waals surface area contributed by atoms with Gasteiger partial charge in [0, 0.05) is 20.2 Å². The Bertz CT molecular complexity index is 324. The Hall–Kier alpha value is -0.170. The third kappa shape index (κ3) is 4.84. The summed E-state index contributed by atoms with van der Waals surface area (Å²) in [6.45, 7) is 7.15. The molecule has 0 saturated carbocycles. The Kier molecular flexibility index (Phi) is 6.55. The van der Waals surface area contributed by atoms with Gasteiger partial charge in [-0.1, -0.05) is 6.92 Å². The van der Waals surface area contributed by atoms with Crippen molar-refractivity contribution < 1.29 is 13.2 Å². The van der Waals surface area contributed by atoms with Crippen LogP contribution in [0.4, 0.5) is 0 Å². The fourth-order valence-corrected chi connectivity index (χ4v) is 3.92. The average molecular weight is 278 g/mol. The van der Waals surface area contributed by atoms with Crippen LogP contribution in [-0.2, 0) is 14.8 Å². The number of nitrogens with one attached hydrogen (secondary N) is 1. The Morgan fingerprint density at radius 1 is 1.39 bits per heavy atom. The van der Waals surface area contributed by atoms with E-state index in [1.807, 2.05) is 0 Å². The first-order valence-corrected chi connectivity index (χ1v) is 8.31. The molecule has 1 N–H and O–H groups in total. The van der Waals surface area contributed by atoms with Gasteiger partial charge in [-0.3, -0.25) is 0 Å². The molecule has 1 fully saturated rings. The lowest BCUT2D eigenvalue weighted by atomic mass is 9.98. The van der Waals surface area contributed by atoms with Gasteiger partial charge in [0.1, 0.15) is 0 Å². The third-order valence-corrected chi connectivity index (χ3v) is 5.54. The van der Waals surface area contributed by atoms with Crippen LogP contribution in [0.2, 0.25) is 0 Å². The van der Waals surface area contributed by atoms with Crippen LogP contribution in [0.5, 0.6) is 0 Å². The van der Waals surface area contributed by atoms with Gasteiger partial charge in [-0.05, 0) is 38.8 Å². The number of methoxy groups -OCH3 is 1. The van der Waals surface area contributed by atoms with E-state index in [0.29, 0.717) is 19.0 Å². The van der Waals surface area contributed by atoms with Crippen molar-refractivity contribution in [2.75, 3.05) is 39.0 Å². The molecule has 0 aromatic rings. The van der Waals surface area contributed by atoms with Gasteiger partial charge in [0.15, 0.2) is 0 Å². The van der Waals surface area contributed by atoms with Crippen molar-refractivity contribution in [3.8, 4) is 0 Å². The zero-order valence-corrected chi connectivity index (χ0v) is 12.5. The monoisotopic (exact) mass is 278 g/mol. The Labute approximate surface area is 111 Å². The fourth-order valence-electron chi connectivity index (χ4n) is 2.21. The van der Waals surface area contributed by atoms with Gasteiger partial charge in [-0.2, -0.15) is 0 Å². The maximum absolute atomic E-state index is 12.1. The molecule has 1 atom stereocenters. The number of ether oxygens (including phenoxy) is 1. The van der Waals surface area contributed by atoms with Gasteiger partial charge in [0.05, 0.1) is 11.9 Å². The van der Waals surface area contributed by atoms with E-state index in [1.165, 1.54) is 0 Å². The molecule has 1 unspecified atom stereocenters. The quantitative estimate of drug-likeness (QED) is 0.744. The van der Waals surface area contributed by atoms with Crippen LogP contribution < -0.4 is 5.32 Å². The first-order valence-electron chi connectivity index (χ1n) is 6.71. The second-order valence-electron chi connectivity index (χ2n) is 4.97. The SMILES string of the molecule is CCNCC1CCN(S(=O)(=O)CC(C)OC)CC1. The highest BCUT2D eigenvalue weighted by Crippen LogP contribution is 2.19. The minimum Gasteiger partial charge on any atom is -0.381 e. The molecule has 0 bridgehead atoms. The number of piperidine rings is 1. The van der Waals surface area contributed by atoms with E-state index in [-0.39, 0.29) is 11.9 Å². The van der Waals surface area contributed by atoms with Gasteiger partial charge in [0.25, 0.3) is 0 Å². The molecule has 1 aliphatic rings. The highest BCUT2D eigenvalue weighted by molar-refractivity contribution is 7.89. The molecule has 1 rings (SSSR count). The normalized spacial score (nSPS) is 21.1. The largest absolute Gasteiger partial charge is 0.381 e. The summed E-state index contributed by atoms with van der Waals surface area (Å²) in [6, 6.07) is 0. The van der Waals surface area contributed by atoms with Crippen molar-refractivity contribution in [3.05, 3.63) is 0 Å². The number of rotatable bonds is 7. The van der Waals surface area contributed by atoms with Crippen molar-refractivity contribution in [1.29, 1.82) is 0 Å². The van der Waals surface area contributed by atoms with Crippen molar-refractivity contribution in [1.82, 2.24) is 9.62 Å². The Balaban J connectivity index is 2.42. The molecule has 0 aromatic carbocycles. The Morgan fingerprint density at radius 2 is 2.00 bits per heavy atom. The lowest BCUT2D eigenvalue weighted by molar-refractivity contribution is 0.134. The van der Waals surface area contributed by atoms with Crippen LogP contribution in [-0.4, -0.2) is 57.9 Å². The molecule has 0 aliphatic carbocycles. The summed E-state index contributed by atoms with van der Waals surface area (Å²) >= 11 is 0. The first-order chi connectivity index (χ1) is 8.49. The minimum absolute atomic E-state index is 0.0847. The van der Waals surface area contributed by atoms with Crippen molar-refractivity contribution in [3.63, 3.8) is 0 Å². The number of hydrogen-bond donors (Lipinski definition) is 1. The molecule has 0 spiro atoms. The summed E-state index contributed by atoms with van der Waals surface area (Å²) in [5.41, 5.74) is 0. The maximum Gasteiger partial charge on any atom is 0.216 e. The molecular formula is C12H26N2O3S. The van der Waals surface area contributed by atoms with E-state index in [0.717, 1.165) is 25.9 Å². The van der Waals surface area contributed by atoms with Gasteiger partial charge in [0.2, 0.25) is 10.0 Å². The second-order valence-corrected chi connectivity index (χ2v) is 6.99. The fraction of sp³-hybridized carbons (Fsp3) is 1.00. The van der Waals surface area contributed by atoms with E-state index in [4.69, 9.17) is 4.74 Å². The summed E-state index contributed by atoms with van der Waals surface area (Å²) < 4.78 is 30.9. The molecule has 0 amide bonds. The highest BCUT2D eigenvalue weighted by Gasteiger charge is 2.28. The lowest BCUT2D eigenvalue weighted by Crippen LogP contribution is -2.43. The van der Waals surface area contributed by atoms with Crippen LogP contribution in [0.25, 0.3) is 0 Å². The van der Waals surface area contributed by atoms with E-state index in [1.54, 1.807) is 18.3 Å². The zero-order chi connectivity index (χ0) is 13.6. The van der Waals surface area contributed by atoms with Crippen molar-refractivity contribution in [2.24, 2.45) is 5.92 Å². The summed E-state index contributed by atoms with van der Waals surface area (Å²) in [4.78, 5) is 0. The van der Waals surface area contributed by atoms with Crippen LogP contribution in [0, 0.1) is 5.92 Å². The van der Waals surface area contributed by atoms with Crippen LogP contribution in [0.1, 0.15) is 26.7 Å². The van der Waals surface area contributed by atoms with Crippen LogP contribution >= 0.6 is 0 Å². The third-order valence-electron chi connectivity index (χ3n) is 3.50. The summed E-state index contributed by atoms with van der Waals surface area (Å²) in [6.07, 6.45) is 1.66. The van der Waals surface area contributed by atoms with E-state index < -0.39 is 10.0 Å². The number of sulfonamides is 1. The van der Waals surface area contributed by atoms with Crippen molar-refractivity contribution in [2.45, 2.75) is 32.8 Å². The zero-order valence-electron chi connectivity index (χ0n) is 11.7. The number of nitrogens with zero attached hydrogens (tertiary/aromatic N) is 1. The van der Waals surface area contributed by atoms with Gasteiger partial charge in [-0.15, -0.1) is 0 Å². The molecule has 6 heteroatoms. The molecule has 0 aromatic heterocycles.